The molecule has 2 aromatic rings. The molecule has 2 heteroatoms. The van der Waals surface area contributed by atoms with Crippen molar-refractivity contribution in [1.29, 1.82) is 0 Å². The summed E-state index contributed by atoms with van der Waals surface area (Å²) < 4.78 is 2.61. The number of hydrogen-bond donors (Lipinski definition) is 0. The van der Waals surface area contributed by atoms with E-state index in [1.165, 1.54) is 43.0 Å². The van der Waals surface area contributed by atoms with Gasteiger partial charge in [-0.1, -0.05) is 51.3 Å². The third-order valence-electron chi connectivity index (χ3n) is 5.40. The minimum atomic E-state index is 0.776. The average Bonchev–Trinajstić information content (AvgIpc) is 2.95. The Morgan fingerprint density at radius 1 is 1.05 bits per heavy atom. The van der Waals surface area contributed by atoms with E-state index in [9.17, 15) is 0 Å². The van der Waals surface area contributed by atoms with Crippen molar-refractivity contribution in [3.63, 3.8) is 0 Å². The van der Waals surface area contributed by atoms with E-state index in [1.54, 1.807) is 5.69 Å². The van der Waals surface area contributed by atoms with Crippen LogP contribution in [0.2, 0.25) is 0 Å². The highest BCUT2D eigenvalue weighted by Crippen LogP contribution is 2.35. The Hall–Kier alpha value is -1.28. The molecule has 0 bridgehead atoms. The minimum absolute atomic E-state index is 0.776. The first-order valence-corrected chi connectivity index (χ1v) is 9.14. The Balaban J connectivity index is 1.90. The maximum Gasteiger partial charge on any atom is 0.0483 e. The van der Waals surface area contributed by atoms with Gasteiger partial charge in [-0.3, -0.25) is 0 Å². The lowest BCUT2D eigenvalue weighted by molar-refractivity contribution is 0.288. The fourth-order valence-corrected chi connectivity index (χ4v) is 4.00. The monoisotopic (exact) mass is 298 g/mol. The van der Waals surface area contributed by atoms with E-state index < -0.39 is 0 Å². The standard InChI is InChI=1S/C20H30N2/c1-3-21(4-2)14-15-22-19-13-9-8-12-18(19)16-20(22)17-10-6-5-7-11-17/h8-9,12-13,16-17H,3-7,10-11,14-15H2,1-2H3. The fraction of sp³-hybridized carbons (Fsp3) is 0.600. The molecule has 0 amide bonds. The van der Waals surface area contributed by atoms with Crippen molar-refractivity contribution in [3.8, 4) is 0 Å². The molecule has 0 N–H and O–H groups in total. The van der Waals surface area contributed by atoms with Crippen LogP contribution in [0.4, 0.5) is 0 Å². The van der Waals surface area contributed by atoms with E-state index in [4.69, 9.17) is 0 Å². The van der Waals surface area contributed by atoms with E-state index in [-0.39, 0.29) is 0 Å². The lowest BCUT2D eigenvalue weighted by Gasteiger charge is -2.25. The van der Waals surface area contributed by atoms with E-state index in [2.05, 4.69) is 53.6 Å². The molecule has 0 spiro atoms. The maximum atomic E-state index is 2.61. The summed E-state index contributed by atoms with van der Waals surface area (Å²) >= 11 is 0. The number of aromatic nitrogens is 1. The zero-order valence-corrected chi connectivity index (χ0v) is 14.2. The quantitative estimate of drug-likeness (QED) is 0.726. The van der Waals surface area contributed by atoms with Crippen LogP contribution in [0, 0.1) is 0 Å². The Kier molecular flexibility index (Phi) is 5.20. The van der Waals surface area contributed by atoms with Gasteiger partial charge < -0.3 is 9.47 Å². The molecule has 1 heterocycles. The predicted molar refractivity (Wildman–Crippen MR) is 95.6 cm³/mol. The second-order valence-electron chi connectivity index (χ2n) is 6.64. The largest absolute Gasteiger partial charge is 0.343 e. The van der Waals surface area contributed by atoms with Gasteiger partial charge in [-0.25, -0.2) is 0 Å². The number of rotatable bonds is 6. The van der Waals surface area contributed by atoms with Crippen LogP contribution < -0.4 is 0 Å². The summed E-state index contributed by atoms with van der Waals surface area (Å²) in [5.41, 5.74) is 3.02. The minimum Gasteiger partial charge on any atom is -0.343 e. The first-order chi connectivity index (χ1) is 10.8. The van der Waals surface area contributed by atoms with E-state index in [0.717, 1.165) is 32.1 Å². The van der Waals surface area contributed by atoms with Crippen LogP contribution in [0.15, 0.2) is 30.3 Å². The Morgan fingerprint density at radius 3 is 2.50 bits per heavy atom. The van der Waals surface area contributed by atoms with Crippen LogP contribution in [0.1, 0.15) is 57.6 Å². The van der Waals surface area contributed by atoms with Crippen LogP contribution in [-0.4, -0.2) is 29.1 Å². The molecule has 2 nitrogen and oxygen atoms in total. The highest BCUT2D eigenvalue weighted by Gasteiger charge is 2.20. The molecule has 120 valence electrons. The molecular weight excluding hydrogens is 268 g/mol. The lowest BCUT2D eigenvalue weighted by Crippen LogP contribution is -2.27. The van der Waals surface area contributed by atoms with Gasteiger partial charge in [0.2, 0.25) is 0 Å². The molecule has 0 unspecified atom stereocenters. The van der Waals surface area contributed by atoms with Gasteiger partial charge in [0.05, 0.1) is 0 Å². The Morgan fingerprint density at radius 2 is 1.77 bits per heavy atom. The second-order valence-corrected chi connectivity index (χ2v) is 6.64. The predicted octanol–water partition coefficient (Wildman–Crippen LogP) is 5.03. The van der Waals surface area contributed by atoms with Crippen molar-refractivity contribution in [2.45, 2.75) is 58.4 Å². The van der Waals surface area contributed by atoms with Crippen molar-refractivity contribution in [3.05, 3.63) is 36.0 Å². The second kappa shape index (κ2) is 7.32. The number of benzene rings is 1. The van der Waals surface area contributed by atoms with E-state index in [0.29, 0.717) is 0 Å². The van der Waals surface area contributed by atoms with Crippen LogP contribution in [-0.2, 0) is 6.54 Å². The van der Waals surface area contributed by atoms with E-state index in [1.807, 2.05) is 0 Å². The van der Waals surface area contributed by atoms with E-state index >= 15 is 0 Å². The van der Waals surface area contributed by atoms with Crippen molar-refractivity contribution >= 4 is 10.9 Å². The number of likely N-dealkylation sites (N-methyl/N-ethyl adjacent to an activating group) is 1. The third-order valence-corrected chi connectivity index (χ3v) is 5.40. The fourth-order valence-electron chi connectivity index (χ4n) is 4.00. The molecule has 1 aliphatic rings. The highest BCUT2D eigenvalue weighted by atomic mass is 15.1. The zero-order chi connectivity index (χ0) is 15.4. The summed E-state index contributed by atoms with van der Waals surface area (Å²) in [6.07, 6.45) is 6.99. The summed E-state index contributed by atoms with van der Waals surface area (Å²) in [6, 6.07) is 11.4. The molecule has 1 saturated carbocycles. The van der Waals surface area contributed by atoms with Crippen molar-refractivity contribution < 1.29 is 0 Å². The number of nitrogens with zero attached hydrogens (tertiary/aromatic N) is 2. The van der Waals surface area contributed by atoms with Gasteiger partial charge in [0, 0.05) is 24.3 Å². The van der Waals surface area contributed by atoms with Crippen LogP contribution >= 0.6 is 0 Å². The summed E-state index contributed by atoms with van der Waals surface area (Å²) in [5.74, 6) is 0.776. The summed E-state index contributed by atoms with van der Waals surface area (Å²) in [5, 5.41) is 1.42. The molecule has 1 aliphatic carbocycles. The van der Waals surface area contributed by atoms with Gasteiger partial charge in [0.1, 0.15) is 0 Å². The molecule has 0 radical (unpaired) electrons. The van der Waals surface area contributed by atoms with Gasteiger partial charge in [-0.15, -0.1) is 0 Å². The van der Waals surface area contributed by atoms with Gasteiger partial charge in [0.25, 0.3) is 0 Å². The van der Waals surface area contributed by atoms with Gasteiger partial charge in [0.15, 0.2) is 0 Å². The SMILES string of the molecule is CCN(CC)CCn1c(C2CCCCC2)cc2ccccc21. The summed E-state index contributed by atoms with van der Waals surface area (Å²) in [7, 11) is 0. The zero-order valence-electron chi connectivity index (χ0n) is 14.2. The number of fused-ring (bicyclic) bond motifs is 1. The molecule has 1 fully saturated rings. The summed E-state index contributed by atoms with van der Waals surface area (Å²) in [4.78, 5) is 2.53. The van der Waals surface area contributed by atoms with Crippen molar-refractivity contribution in [1.82, 2.24) is 9.47 Å². The molecular formula is C20H30N2. The lowest BCUT2D eigenvalue weighted by atomic mass is 9.87. The molecule has 1 aromatic heterocycles. The smallest absolute Gasteiger partial charge is 0.0483 e. The highest BCUT2D eigenvalue weighted by molar-refractivity contribution is 5.81. The summed E-state index contributed by atoms with van der Waals surface area (Å²) in [6.45, 7) is 9.11. The van der Waals surface area contributed by atoms with Crippen LogP contribution in [0.3, 0.4) is 0 Å². The molecule has 22 heavy (non-hydrogen) atoms. The van der Waals surface area contributed by atoms with Crippen LogP contribution in [0.5, 0.6) is 0 Å². The molecule has 0 atom stereocenters. The molecule has 0 aliphatic heterocycles. The third kappa shape index (κ3) is 3.22. The van der Waals surface area contributed by atoms with Crippen LogP contribution in [0.25, 0.3) is 10.9 Å². The van der Waals surface area contributed by atoms with Crippen molar-refractivity contribution in [2.24, 2.45) is 0 Å². The van der Waals surface area contributed by atoms with Gasteiger partial charge in [-0.05, 0) is 49.4 Å². The molecule has 1 aromatic carbocycles. The Labute approximate surface area is 135 Å². The topological polar surface area (TPSA) is 8.17 Å². The number of para-hydroxylation sites is 1. The van der Waals surface area contributed by atoms with Gasteiger partial charge in [-0.2, -0.15) is 0 Å². The molecule has 3 rings (SSSR count). The number of hydrogen-bond acceptors (Lipinski definition) is 1. The molecule has 0 saturated heterocycles. The maximum absolute atomic E-state index is 2.61. The average molecular weight is 298 g/mol. The normalized spacial score (nSPS) is 16.7. The van der Waals surface area contributed by atoms with Gasteiger partial charge >= 0.3 is 0 Å². The first-order valence-electron chi connectivity index (χ1n) is 9.14. The van der Waals surface area contributed by atoms with Crippen molar-refractivity contribution in [2.75, 3.05) is 19.6 Å². The first kappa shape index (κ1) is 15.6. The Bertz CT molecular complexity index is 589.